The molecule has 4 heteroatoms. The molecule has 2 saturated heterocycles. The van der Waals surface area contributed by atoms with Gasteiger partial charge < -0.3 is 14.2 Å². The molecule has 122 valence electrons. The van der Waals surface area contributed by atoms with Crippen LogP contribution in [-0.2, 0) is 19.0 Å². The quantitative estimate of drug-likeness (QED) is 0.510. The summed E-state index contributed by atoms with van der Waals surface area (Å²) < 4.78 is 17.6. The van der Waals surface area contributed by atoms with Crippen LogP contribution in [0.3, 0.4) is 0 Å². The lowest BCUT2D eigenvalue weighted by atomic mass is 9.56. The monoisotopic (exact) mass is 306 g/mol. The number of cyclic esters (lactones) is 1. The Morgan fingerprint density at radius 1 is 1.14 bits per heavy atom. The van der Waals surface area contributed by atoms with Crippen molar-refractivity contribution in [2.24, 2.45) is 22.7 Å². The van der Waals surface area contributed by atoms with Gasteiger partial charge >= 0.3 is 5.97 Å². The molecule has 0 amide bonds. The molecule has 4 rings (SSSR count). The predicted octanol–water partition coefficient (Wildman–Crippen LogP) is 3.07. The predicted molar refractivity (Wildman–Crippen MR) is 81.0 cm³/mol. The normalized spacial score (nSPS) is 42.3. The highest BCUT2D eigenvalue weighted by Gasteiger charge is 2.57. The number of allylic oxidation sites excluding steroid dienone is 1. The highest BCUT2D eigenvalue weighted by molar-refractivity contribution is 5.77. The molecular formula is C18H26O4. The third-order valence-electron chi connectivity index (χ3n) is 6.17. The van der Waals surface area contributed by atoms with E-state index >= 15 is 0 Å². The van der Waals surface area contributed by atoms with Gasteiger partial charge in [-0.1, -0.05) is 26.3 Å². The van der Waals surface area contributed by atoms with Gasteiger partial charge in [-0.15, -0.1) is 0 Å². The van der Waals surface area contributed by atoms with Crippen LogP contribution < -0.4 is 0 Å². The maximum Gasteiger partial charge on any atom is 0.310 e. The van der Waals surface area contributed by atoms with Gasteiger partial charge in [0.25, 0.3) is 0 Å². The van der Waals surface area contributed by atoms with E-state index in [1.54, 1.807) is 0 Å². The Kier molecular flexibility index (Phi) is 3.06. The fraction of sp³-hybridized carbons (Fsp3) is 0.833. The van der Waals surface area contributed by atoms with Crippen LogP contribution in [0.1, 0.15) is 46.5 Å². The number of ether oxygens (including phenoxy) is 3. The summed E-state index contributed by atoms with van der Waals surface area (Å²) in [5, 5.41) is 0. The van der Waals surface area contributed by atoms with Crippen molar-refractivity contribution in [1.29, 1.82) is 0 Å². The van der Waals surface area contributed by atoms with Crippen LogP contribution in [0.4, 0.5) is 0 Å². The third-order valence-corrected chi connectivity index (χ3v) is 6.17. The van der Waals surface area contributed by atoms with E-state index in [0.717, 1.165) is 38.9 Å². The van der Waals surface area contributed by atoms with Crippen LogP contribution in [0.25, 0.3) is 0 Å². The lowest BCUT2D eigenvalue weighted by Crippen LogP contribution is -2.52. The Morgan fingerprint density at radius 3 is 2.59 bits per heavy atom. The molecule has 0 unspecified atom stereocenters. The van der Waals surface area contributed by atoms with Gasteiger partial charge in [-0.25, -0.2) is 0 Å². The van der Waals surface area contributed by atoms with Gasteiger partial charge in [0.2, 0.25) is 0 Å². The van der Waals surface area contributed by atoms with Gasteiger partial charge in [0.1, 0.15) is 0 Å². The van der Waals surface area contributed by atoms with Crippen LogP contribution in [-0.4, -0.2) is 31.6 Å². The van der Waals surface area contributed by atoms with Crippen LogP contribution >= 0.6 is 0 Å². The van der Waals surface area contributed by atoms with Crippen molar-refractivity contribution in [2.45, 2.75) is 52.2 Å². The molecule has 2 aliphatic heterocycles. The molecule has 2 aliphatic carbocycles. The number of fused-ring (bicyclic) bond motifs is 3. The maximum absolute atomic E-state index is 12.2. The first kappa shape index (κ1) is 14.7. The first-order valence-corrected chi connectivity index (χ1v) is 8.50. The van der Waals surface area contributed by atoms with Gasteiger partial charge in [0, 0.05) is 23.2 Å². The van der Waals surface area contributed by atoms with E-state index < -0.39 is 5.79 Å². The number of rotatable bonds is 0. The van der Waals surface area contributed by atoms with Crippen molar-refractivity contribution < 1.29 is 19.0 Å². The Labute approximate surface area is 132 Å². The number of carbonyl (C=O) groups is 1. The zero-order valence-corrected chi connectivity index (χ0v) is 13.8. The van der Waals surface area contributed by atoms with Gasteiger partial charge in [0.05, 0.1) is 25.7 Å². The van der Waals surface area contributed by atoms with Gasteiger partial charge in [-0.3, -0.25) is 4.79 Å². The van der Waals surface area contributed by atoms with Gasteiger partial charge in [-0.05, 0) is 25.3 Å². The second kappa shape index (κ2) is 4.57. The van der Waals surface area contributed by atoms with Crippen molar-refractivity contribution >= 4 is 5.97 Å². The van der Waals surface area contributed by atoms with Crippen LogP contribution in [0.5, 0.6) is 0 Å². The molecule has 3 atom stereocenters. The number of esters is 1. The van der Waals surface area contributed by atoms with E-state index in [1.807, 2.05) is 0 Å². The minimum atomic E-state index is -0.556. The van der Waals surface area contributed by atoms with Crippen molar-refractivity contribution in [3.63, 3.8) is 0 Å². The molecular weight excluding hydrogens is 280 g/mol. The van der Waals surface area contributed by atoms with E-state index in [-0.39, 0.29) is 22.7 Å². The molecule has 0 aromatic carbocycles. The molecule has 1 spiro atoms. The molecule has 3 fully saturated rings. The highest BCUT2D eigenvalue weighted by atomic mass is 16.7. The molecule has 4 aliphatic rings. The second-order valence-corrected chi connectivity index (χ2v) is 8.55. The molecule has 0 aromatic heterocycles. The van der Waals surface area contributed by atoms with E-state index in [9.17, 15) is 4.79 Å². The first-order valence-electron chi connectivity index (χ1n) is 8.50. The van der Waals surface area contributed by atoms with E-state index in [4.69, 9.17) is 14.2 Å². The van der Waals surface area contributed by atoms with Gasteiger partial charge in [0.15, 0.2) is 5.79 Å². The van der Waals surface area contributed by atoms with Crippen LogP contribution in [0, 0.1) is 22.7 Å². The fourth-order valence-electron chi connectivity index (χ4n) is 4.69. The molecule has 0 radical (unpaired) electrons. The summed E-state index contributed by atoms with van der Waals surface area (Å²) in [5.74, 6) is -0.124. The van der Waals surface area contributed by atoms with Crippen molar-refractivity contribution in [2.75, 3.05) is 19.8 Å². The summed E-state index contributed by atoms with van der Waals surface area (Å²) >= 11 is 0. The Balaban J connectivity index is 1.64. The van der Waals surface area contributed by atoms with E-state index in [0.29, 0.717) is 12.5 Å². The largest absolute Gasteiger partial charge is 0.465 e. The number of hydrogen-bond acceptors (Lipinski definition) is 4. The highest BCUT2D eigenvalue weighted by Crippen LogP contribution is 2.57. The summed E-state index contributed by atoms with van der Waals surface area (Å²) in [5.41, 5.74) is 1.36. The smallest absolute Gasteiger partial charge is 0.310 e. The zero-order chi connectivity index (χ0) is 15.6. The van der Waals surface area contributed by atoms with Crippen molar-refractivity contribution in [3.8, 4) is 0 Å². The minimum absolute atomic E-state index is 0.000615. The lowest BCUT2D eigenvalue weighted by Gasteiger charge is -2.51. The van der Waals surface area contributed by atoms with Gasteiger partial charge in [-0.2, -0.15) is 0 Å². The third kappa shape index (κ3) is 2.07. The summed E-state index contributed by atoms with van der Waals surface area (Å²) in [7, 11) is 0. The lowest BCUT2D eigenvalue weighted by molar-refractivity contribution is -0.280. The summed E-state index contributed by atoms with van der Waals surface area (Å²) in [6, 6.07) is 0. The first-order chi connectivity index (χ1) is 10.3. The second-order valence-electron chi connectivity index (χ2n) is 8.55. The number of hydrogen-bond donors (Lipinski definition) is 0. The average molecular weight is 306 g/mol. The molecule has 4 nitrogen and oxygen atoms in total. The zero-order valence-electron chi connectivity index (χ0n) is 13.8. The topological polar surface area (TPSA) is 44.8 Å². The molecule has 0 aromatic rings. The van der Waals surface area contributed by atoms with Crippen molar-refractivity contribution in [3.05, 3.63) is 11.6 Å². The molecule has 22 heavy (non-hydrogen) atoms. The Bertz CT molecular complexity index is 525. The standard InChI is InChI=1S/C18H26O4/c1-16(2)10-21-18(22-11-16)7-6-17(3)13(8-18)5-4-12-9-20-15(19)14(12)17/h8,12,14H,4-7,9-11H2,1-3H3/t12-,14+,17-/m0/s1. The van der Waals surface area contributed by atoms with E-state index in [1.165, 1.54) is 5.57 Å². The summed E-state index contributed by atoms with van der Waals surface area (Å²) in [4.78, 5) is 12.2. The summed E-state index contributed by atoms with van der Waals surface area (Å²) in [6.45, 7) is 8.63. The van der Waals surface area contributed by atoms with E-state index in [2.05, 4.69) is 26.8 Å². The molecule has 0 N–H and O–H groups in total. The van der Waals surface area contributed by atoms with Crippen LogP contribution in [0.15, 0.2) is 11.6 Å². The van der Waals surface area contributed by atoms with Crippen molar-refractivity contribution in [1.82, 2.24) is 0 Å². The summed E-state index contributed by atoms with van der Waals surface area (Å²) in [6.07, 6.45) is 6.05. The average Bonchev–Trinajstić information content (AvgIpc) is 2.86. The molecule has 1 saturated carbocycles. The maximum atomic E-state index is 12.2. The number of carbonyl (C=O) groups excluding carboxylic acids is 1. The molecule has 2 heterocycles. The fourth-order valence-corrected chi connectivity index (χ4v) is 4.69. The Hall–Kier alpha value is -0.870. The molecule has 0 bridgehead atoms. The minimum Gasteiger partial charge on any atom is -0.465 e. The Morgan fingerprint density at radius 2 is 1.86 bits per heavy atom. The van der Waals surface area contributed by atoms with Crippen LogP contribution in [0.2, 0.25) is 0 Å². The SMILES string of the molecule is CC1(C)COC2(C=C3CC[C@H]4COC(=O)[C@@H]4[C@@]3(C)CC2)OC1.